The van der Waals surface area contributed by atoms with Crippen LogP contribution in [0.3, 0.4) is 0 Å². The molecule has 21 heavy (non-hydrogen) atoms. The van der Waals surface area contributed by atoms with Crippen molar-refractivity contribution in [1.82, 2.24) is 10.6 Å². The molecule has 5 heteroatoms. The van der Waals surface area contributed by atoms with Gasteiger partial charge in [0, 0.05) is 13.1 Å². The summed E-state index contributed by atoms with van der Waals surface area (Å²) in [6.07, 6.45) is 0.907. The molecule has 0 heterocycles. The molecular formula is C16H25ClN2O2. The lowest BCUT2D eigenvalue weighted by Crippen LogP contribution is -2.29. The van der Waals surface area contributed by atoms with Gasteiger partial charge in [0.15, 0.2) is 6.61 Å². The van der Waals surface area contributed by atoms with Crippen LogP contribution in [0.1, 0.15) is 32.8 Å². The minimum atomic E-state index is -0.129. The van der Waals surface area contributed by atoms with Gasteiger partial charge in [-0.15, -0.1) is 0 Å². The highest BCUT2D eigenvalue weighted by Gasteiger charge is 2.06. The van der Waals surface area contributed by atoms with E-state index in [1.54, 1.807) is 0 Å². The van der Waals surface area contributed by atoms with E-state index in [-0.39, 0.29) is 12.5 Å². The highest BCUT2D eigenvalue weighted by Crippen LogP contribution is 2.25. The standard InChI is InChI=1S/C16H25ClN2O2/c1-4-7-19-16(20)11-21-15-6-5-13(8-14(15)17)10-18-9-12(2)3/h5-6,8,12,18H,4,7,9-11H2,1-3H3,(H,19,20). The minimum Gasteiger partial charge on any atom is -0.482 e. The number of rotatable bonds is 9. The predicted molar refractivity (Wildman–Crippen MR) is 86.8 cm³/mol. The molecule has 0 bridgehead atoms. The van der Waals surface area contributed by atoms with Gasteiger partial charge >= 0.3 is 0 Å². The van der Waals surface area contributed by atoms with Crippen LogP contribution in [0.5, 0.6) is 5.75 Å². The van der Waals surface area contributed by atoms with E-state index in [0.29, 0.717) is 23.2 Å². The number of halogens is 1. The first-order valence-corrected chi connectivity index (χ1v) is 7.79. The Balaban J connectivity index is 2.44. The number of hydrogen-bond acceptors (Lipinski definition) is 3. The van der Waals surface area contributed by atoms with Crippen LogP contribution in [0.25, 0.3) is 0 Å². The fraction of sp³-hybridized carbons (Fsp3) is 0.562. The maximum atomic E-state index is 11.5. The molecule has 1 aromatic rings. The lowest BCUT2D eigenvalue weighted by molar-refractivity contribution is -0.123. The summed E-state index contributed by atoms with van der Waals surface area (Å²) in [5.41, 5.74) is 1.10. The Kier molecular flexibility index (Phi) is 8.16. The molecule has 0 aliphatic carbocycles. The Hall–Kier alpha value is -1.26. The monoisotopic (exact) mass is 312 g/mol. The average molecular weight is 313 g/mol. The lowest BCUT2D eigenvalue weighted by atomic mass is 10.2. The molecule has 4 nitrogen and oxygen atoms in total. The summed E-state index contributed by atoms with van der Waals surface area (Å²) in [7, 11) is 0. The van der Waals surface area contributed by atoms with Crippen molar-refractivity contribution < 1.29 is 9.53 Å². The van der Waals surface area contributed by atoms with Crippen molar-refractivity contribution in [1.29, 1.82) is 0 Å². The van der Waals surface area contributed by atoms with E-state index in [4.69, 9.17) is 16.3 Å². The van der Waals surface area contributed by atoms with Gasteiger partial charge in [-0.2, -0.15) is 0 Å². The van der Waals surface area contributed by atoms with E-state index in [2.05, 4.69) is 24.5 Å². The van der Waals surface area contributed by atoms with E-state index in [1.165, 1.54) is 0 Å². The fourth-order valence-corrected chi connectivity index (χ4v) is 1.99. The van der Waals surface area contributed by atoms with Gasteiger partial charge in [0.25, 0.3) is 5.91 Å². The summed E-state index contributed by atoms with van der Waals surface area (Å²) in [4.78, 5) is 11.5. The summed E-state index contributed by atoms with van der Waals surface area (Å²) in [6, 6.07) is 5.63. The third kappa shape index (κ3) is 7.34. The van der Waals surface area contributed by atoms with Gasteiger partial charge < -0.3 is 15.4 Å². The van der Waals surface area contributed by atoms with Gasteiger partial charge in [-0.3, -0.25) is 4.79 Å². The number of benzene rings is 1. The molecule has 1 amide bonds. The number of hydrogen-bond donors (Lipinski definition) is 2. The van der Waals surface area contributed by atoms with Crippen molar-refractivity contribution in [2.75, 3.05) is 19.7 Å². The molecule has 1 rings (SSSR count). The predicted octanol–water partition coefficient (Wildman–Crippen LogP) is 2.99. The van der Waals surface area contributed by atoms with E-state index >= 15 is 0 Å². The summed E-state index contributed by atoms with van der Waals surface area (Å²) in [5, 5.41) is 6.64. The second-order valence-electron chi connectivity index (χ2n) is 5.43. The maximum Gasteiger partial charge on any atom is 0.257 e. The Morgan fingerprint density at radius 1 is 1.38 bits per heavy atom. The molecule has 0 spiro atoms. The lowest BCUT2D eigenvalue weighted by Gasteiger charge is -2.11. The van der Waals surface area contributed by atoms with Crippen molar-refractivity contribution in [3.8, 4) is 5.75 Å². The smallest absolute Gasteiger partial charge is 0.257 e. The molecule has 0 radical (unpaired) electrons. The molecular weight excluding hydrogens is 288 g/mol. The van der Waals surface area contributed by atoms with Gasteiger partial charge in [-0.1, -0.05) is 38.4 Å². The van der Waals surface area contributed by atoms with Crippen LogP contribution in [0, 0.1) is 5.92 Å². The van der Waals surface area contributed by atoms with Crippen LogP contribution in [-0.2, 0) is 11.3 Å². The zero-order valence-electron chi connectivity index (χ0n) is 13.0. The fourth-order valence-electron chi connectivity index (χ4n) is 1.74. The number of ether oxygens (including phenoxy) is 1. The third-order valence-corrected chi connectivity index (χ3v) is 3.10. The summed E-state index contributed by atoms with van der Waals surface area (Å²) in [5.74, 6) is 1.02. The molecule has 0 saturated carbocycles. The van der Waals surface area contributed by atoms with Crippen molar-refractivity contribution in [3.63, 3.8) is 0 Å². The molecule has 0 aliphatic heterocycles. The van der Waals surface area contributed by atoms with Gasteiger partial charge in [0.1, 0.15) is 5.75 Å². The van der Waals surface area contributed by atoms with Crippen LogP contribution < -0.4 is 15.4 Å². The normalized spacial score (nSPS) is 10.7. The molecule has 2 N–H and O–H groups in total. The van der Waals surface area contributed by atoms with Crippen molar-refractivity contribution in [3.05, 3.63) is 28.8 Å². The zero-order chi connectivity index (χ0) is 15.7. The molecule has 0 unspecified atom stereocenters. The summed E-state index contributed by atoms with van der Waals surface area (Å²) < 4.78 is 5.43. The maximum absolute atomic E-state index is 11.5. The topological polar surface area (TPSA) is 50.4 Å². The van der Waals surface area contributed by atoms with Crippen LogP contribution in [-0.4, -0.2) is 25.6 Å². The minimum absolute atomic E-state index is 0.00926. The quantitative estimate of drug-likeness (QED) is 0.737. The van der Waals surface area contributed by atoms with Crippen molar-refractivity contribution >= 4 is 17.5 Å². The molecule has 0 fully saturated rings. The molecule has 1 aromatic carbocycles. The second-order valence-corrected chi connectivity index (χ2v) is 5.84. The zero-order valence-corrected chi connectivity index (χ0v) is 13.8. The Bertz CT molecular complexity index is 450. The highest BCUT2D eigenvalue weighted by atomic mass is 35.5. The number of carbonyl (C=O) groups is 1. The first-order chi connectivity index (χ1) is 10.0. The van der Waals surface area contributed by atoms with Crippen LogP contribution in [0.2, 0.25) is 5.02 Å². The van der Waals surface area contributed by atoms with Gasteiger partial charge in [0.05, 0.1) is 5.02 Å². The largest absolute Gasteiger partial charge is 0.482 e. The average Bonchev–Trinajstić information content (AvgIpc) is 2.43. The molecule has 0 aliphatic rings. The highest BCUT2D eigenvalue weighted by molar-refractivity contribution is 6.32. The molecule has 0 atom stereocenters. The molecule has 0 saturated heterocycles. The number of carbonyl (C=O) groups excluding carboxylic acids is 1. The van der Waals surface area contributed by atoms with Crippen molar-refractivity contribution in [2.24, 2.45) is 5.92 Å². The molecule has 118 valence electrons. The SMILES string of the molecule is CCCNC(=O)COc1ccc(CNCC(C)C)cc1Cl. The van der Waals surface area contributed by atoms with Crippen molar-refractivity contribution in [2.45, 2.75) is 33.7 Å². The van der Waals surface area contributed by atoms with E-state index < -0.39 is 0 Å². The van der Waals surface area contributed by atoms with Gasteiger partial charge in [0.2, 0.25) is 0 Å². The number of amides is 1. The Labute approximate surface area is 132 Å². The third-order valence-electron chi connectivity index (χ3n) is 2.81. The van der Waals surface area contributed by atoms with Gasteiger partial charge in [-0.05, 0) is 36.6 Å². The first-order valence-electron chi connectivity index (χ1n) is 7.41. The van der Waals surface area contributed by atoms with E-state index in [9.17, 15) is 4.79 Å². The number of nitrogens with one attached hydrogen (secondary N) is 2. The Morgan fingerprint density at radius 3 is 2.76 bits per heavy atom. The first kappa shape index (κ1) is 17.8. The Morgan fingerprint density at radius 2 is 2.14 bits per heavy atom. The molecule has 0 aromatic heterocycles. The second kappa shape index (κ2) is 9.64. The summed E-state index contributed by atoms with van der Waals surface area (Å²) in [6.45, 7) is 8.73. The van der Waals surface area contributed by atoms with Crippen LogP contribution in [0.15, 0.2) is 18.2 Å². The van der Waals surface area contributed by atoms with Gasteiger partial charge in [-0.25, -0.2) is 0 Å². The van der Waals surface area contributed by atoms with E-state index in [1.807, 2.05) is 25.1 Å². The van der Waals surface area contributed by atoms with Crippen LogP contribution >= 0.6 is 11.6 Å². The van der Waals surface area contributed by atoms with E-state index in [0.717, 1.165) is 25.1 Å². The van der Waals surface area contributed by atoms with Crippen LogP contribution in [0.4, 0.5) is 0 Å². The summed E-state index contributed by atoms with van der Waals surface area (Å²) >= 11 is 6.17.